The maximum atomic E-state index is 12.3. The predicted octanol–water partition coefficient (Wildman–Crippen LogP) is 2.76. The highest BCUT2D eigenvalue weighted by Gasteiger charge is 2.14. The Balaban J connectivity index is 1.53. The fourth-order valence-corrected chi connectivity index (χ4v) is 3.44. The molecule has 0 saturated heterocycles. The number of carbonyl (C=O) groups excluding carboxylic acids is 1. The number of primary sulfonamides is 1. The van der Waals surface area contributed by atoms with Gasteiger partial charge in [0.2, 0.25) is 27.6 Å². The minimum atomic E-state index is -3.74. The minimum absolute atomic E-state index is 0.0290. The van der Waals surface area contributed by atoms with E-state index in [9.17, 15) is 13.2 Å². The van der Waals surface area contributed by atoms with Gasteiger partial charge in [-0.15, -0.1) is 0 Å². The molecular weight excluding hydrogens is 404 g/mol. The molecule has 0 aliphatic rings. The lowest BCUT2D eigenvalue weighted by Gasteiger charge is -2.14. The first-order valence-electron chi connectivity index (χ1n) is 9.60. The Morgan fingerprint density at radius 2 is 1.80 bits per heavy atom. The molecule has 0 radical (unpaired) electrons. The molecule has 158 valence electrons. The van der Waals surface area contributed by atoms with Gasteiger partial charge in [-0.05, 0) is 36.6 Å². The molecule has 3 aromatic rings. The molecule has 3 rings (SSSR count). The Morgan fingerprint density at radius 3 is 2.40 bits per heavy atom. The van der Waals surface area contributed by atoms with Crippen LogP contribution in [-0.4, -0.2) is 24.5 Å². The number of aromatic nitrogens is 2. The second-order valence-electron chi connectivity index (χ2n) is 6.97. The molecule has 30 heavy (non-hydrogen) atoms. The molecule has 8 nitrogen and oxygen atoms in total. The monoisotopic (exact) mass is 428 g/mol. The summed E-state index contributed by atoms with van der Waals surface area (Å²) in [5, 5.41) is 11.9. The Morgan fingerprint density at radius 1 is 1.13 bits per heavy atom. The normalized spacial score (nSPS) is 12.5. The van der Waals surface area contributed by atoms with Crippen molar-refractivity contribution in [2.75, 3.05) is 0 Å². The Kier molecular flexibility index (Phi) is 6.63. The van der Waals surface area contributed by atoms with Gasteiger partial charge in [-0.1, -0.05) is 48.5 Å². The summed E-state index contributed by atoms with van der Waals surface area (Å²) in [7, 11) is -3.74. The fraction of sp³-hybridized carbons (Fsp3) is 0.286. The number of rotatable bonds is 8. The number of nitrogens with zero attached hydrogens (tertiary/aromatic N) is 2. The van der Waals surface area contributed by atoms with Gasteiger partial charge in [-0.3, -0.25) is 4.79 Å². The molecule has 0 saturated carbocycles. The van der Waals surface area contributed by atoms with Crippen molar-refractivity contribution in [2.45, 2.75) is 44.0 Å². The van der Waals surface area contributed by atoms with E-state index in [0.29, 0.717) is 18.1 Å². The Labute approximate surface area is 175 Å². The summed E-state index contributed by atoms with van der Waals surface area (Å²) < 4.78 is 27.9. The maximum Gasteiger partial charge on any atom is 0.238 e. The second kappa shape index (κ2) is 9.19. The van der Waals surface area contributed by atoms with Crippen LogP contribution in [0.5, 0.6) is 0 Å². The number of amides is 1. The maximum absolute atomic E-state index is 12.3. The first-order chi connectivity index (χ1) is 14.3. The number of hydrogen-bond acceptors (Lipinski definition) is 6. The number of nitrogens with one attached hydrogen (secondary N) is 1. The lowest BCUT2D eigenvalue weighted by Crippen LogP contribution is -2.26. The van der Waals surface area contributed by atoms with Gasteiger partial charge in [-0.25, -0.2) is 13.6 Å². The smallest absolute Gasteiger partial charge is 0.238 e. The molecule has 1 heterocycles. The topological polar surface area (TPSA) is 128 Å². The second-order valence-corrected chi connectivity index (χ2v) is 8.53. The van der Waals surface area contributed by atoms with Crippen molar-refractivity contribution in [3.8, 4) is 11.4 Å². The molecule has 0 aliphatic heterocycles. The van der Waals surface area contributed by atoms with Gasteiger partial charge in [0.05, 0.1) is 10.9 Å². The van der Waals surface area contributed by atoms with E-state index in [1.54, 1.807) is 12.1 Å². The lowest BCUT2D eigenvalue weighted by atomic mass is 10.1. The van der Waals surface area contributed by atoms with Crippen LogP contribution in [0, 0.1) is 0 Å². The van der Waals surface area contributed by atoms with Gasteiger partial charge in [-0.2, -0.15) is 4.98 Å². The van der Waals surface area contributed by atoms with Crippen LogP contribution in [-0.2, 0) is 27.7 Å². The molecule has 1 atom stereocenters. The molecule has 3 N–H and O–H groups in total. The molecule has 2 aromatic carbocycles. The molecule has 0 fully saturated rings. The van der Waals surface area contributed by atoms with Crippen LogP contribution < -0.4 is 10.5 Å². The Hall–Kier alpha value is -3.04. The summed E-state index contributed by atoms with van der Waals surface area (Å²) in [6, 6.07) is 13.7. The van der Waals surface area contributed by atoms with Crippen LogP contribution in [0.4, 0.5) is 0 Å². The lowest BCUT2D eigenvalue weighted by molar-refractivity contribution is -0.121. The van der Waals surface area contributed by atoms with Gasteiger partial charge in [0.15, 0.2) is 0 Å². The van der Waals surface area contributed by atoms with Crippen LogP contribution in [0.2, 0.25) is 0 Å². The number of hydrogen-bond donors (Lipinski definition) is 2. The van der Waals surface area contributed by atoms with Crippen molar-refractivity contribution in [1.29, 1.82) is 0 Å². The number of sulfonamides is 1. The van der Waals surface area contributed by atoms with Crippen molar-refractivity contribution in [3.63, 3.8) is 0 Å². The molecule has 0 spiro atoms. The van der Waals surface area contributed by atoms with Crippen molar-refractivity contribution >= 4 is 15.9 Å². The number of benzene rings is 2. The van der Waals surface area contributed by atoms with E-state index in [1.807, 2.05) is 31.2 Å². The van der Waals surface area contributed by atoms with Gasteiger partial charge < -0.3 is 9.84 Å². The van der Waals surface area contributed by atoms with E-state index >= 15 is 0 Å². The summed E-state index contributed by atoms with van der Waals surface area (Å²) >= 11 is 0. The summed E-state index contributed by atoms with van der Waals surface area (Å²) in [5.74, 6) is 0.714. The van der Waals surface area contributed by atoms with Crippen LogP contribution in [0.15, 0.2) is 57.9 Å². The minimum Gasteiger partial charge on any atom is -0.350 e. The highest BCUT2D eigenvalue weighted by atomic mass is 32.2. The molecule has 0 aliphatic carbocycles. The van der Waals surface area contributed by atoms with Gasteiger partial charge in [0.25, 0.3) is 0 Å². The average molecular weight is 429 g/mol. The third kappa shape index (κ3) is 5.52. The van der Waals surface area contributed by atoms with Crippen LogP contribution in [0.3, 0.4) is 0 Å². The van der Waals surface area contributed by atoms with Crippen molar-refractivity contribution in [1.82, 2.24) is 15.5 Å². The zero-order valence-corrected chi connectivity index (χ0v) is 17.6. The van der Waals surface area contributed by atoms with Gasteiger partial charge in [0.1, 0.15) is 0 Å². The van der Waals surface area contributed by atoms with E-state index in [-0.39, 0.29) is 23.3 Å². The highest BCUT2D eigenvalue weighted by molar-refractivity contribution is 7.89. The van der Waals surface area contributed by atoms with E-state index < -0.39 is 10.0 Å². The van der Waals surface area contributed by atoms with E-state index in [0.717, 1.165) is 17.5 Å². The zero-order valence-electron chi connectivity index (χ0n) is 16.8. The summed E-state index contributed by atoms with van der Waals surface area (Å²) in [6.07, 6.45) is 1.47. The Bertz CT molecular complexity index is 1110. The fourth-order valence-electron chi connectivity index (χ4n) is 2.93. The van der Waals surface area contributed by atoms with Crippen LogP contribution >= 0.6 is 0 Å². The van der Waals surface area contributed by atoms with Crippen molar-refractivity contribution < 1.29 is 17.7 Å². The summed E-state index contributed by atoms with van der Waals surface area (Å²) in [4.78, 5) is 16.6. The average Bonchev–Trinajstić information content (AvgIpc) is 3.21. The highest BCUT2D eigenvalue weighted by Crippen LogP contribution is 2.18. The van der Waals surface area contributed by atoms with Gasteiger partial charge >= 0.3 is 0 Å². The van der Waals surface area contributed by atoms with Crippen LogP contribution in [0.1, 0.15) is 43.3 Å². The standard InChI is InChI=1S/C21H24N4O4S/c1-3-15-4-6-17(7-5-15)21-24-20(29-25-21)13-12-19(26)23-14(2)16-8-10-18(11-9-16)30(22,27)28/h4-11,14H,3,12-13H2,1-2H3,(H,23,26)(H2,22,27,28)/t14-/m1/s1. The number of nitrogens with two attached hydrogens (primary N) is 1. The number of aryl methyl sites for hydroxylation is 2. The molecule has 0 unspecified atom stereocenters. The molecule has 9 heteroatoms. The zero-order chi connectivity index (χ0) is 21.7. The van der Waals surface area contributed by atoms with Crippen LogP contribution in [0.25, 0.3) is 11.4 Å². The molecule has 0 bridgehead atoms. The van der Waals surface area contributed by atoms with Crippen molar-refractivity contribution in [2.24, 2.45) is 5.14 Å². The quantitative estimate of drug-likeness (QED) is 0.568. The molecule has 1 aromatic heterocycles. The van der Waals surface area contributed by atoms with Crippen molar-refractivity contribution in [3.05, 3.63) is 65.5 Å². The number of carbonyl (C=O) groups is 1. The first-order valence-corrected chi connectivity index (χ1v) is 11.1. The molecule has 1 amide bonds. The summed E-state index contributed by atoms with van der Waals surface area (Å²) in [6.45, 7) is 3.90. The van der Waals surface area contributed by atoms with E-state index in [4.69, 9.17) is 9.66 Å². The van der Waals surface area contributed by atoms with E-state index in [1.165, 1.54) is 17.7 Å². The van der Waals surface area contributed by atoms with Gasteiger partial charge in [0, 0.05) is 18.4 Å². The SMILES string of the molecule is CCc1ccc(-c2noc(CCC(=O)N[C@H](C)c3ccc(S(N)(=O)=O)cc3)n2)cc1. The third-order valence-corrected chi connectivity index (χ3v) is 5.67. The molecular formula is C21H24N4O4S. The first kappa shape index (κ1) is 21.7. The van der Waals surface area contributed by atoms with E-state index in [2.05, 4.69) is 22.4 Å². The third-order valence-electron chi connectivity index (χ3n) is 4.74. The predicted molar refractivity (Wildman–Crippen MR) is 112 cm³/mol. The largest absolute Gasteiger partial charge is 0.350 e. The summed E-state index contributed by atoms with van der Waals surface area (Å²) in [5.41, 5.74) is 2.86.